The number of fused-ring (bicyclic) bond motifs is 1. The van der Waals surface area contributed by atoms with Crippen molar-refractivity contribution < 1.29 is 17.9 Å². The first kappa shape index (κ1) is 16.4. The van der Waals surface area contributed by atoms with Crippen molar-refractivity contribution in [1.82, 2.24) is 10.3 Å². The van der Waals surface area contributed by atoms with E-state index in [1.807, 2.05) is 6.92 Å². The van der Waals surface area contributed by atoms with Crippen LogP contribution in [0.2, 0.25) is 0 Å². The van der Waals surface area contributed by atoms with E-state index in [1.165, 1.54) is 0 Å². The Balaban J connectivity index is 1.89. The third-order valence-electron chi connectivity index (χ3n) is 3.91. The molecule has 0 bridgehead atoms. The molecule has 0 aliphatic carbocycles. The van der Waals surface area contributed by atoms with Gasteiger partial charge in [-0.2, -0.15) is 0 Å². The van der Waals surface area contributed by atoms with Gasteiger partial charge in [0.05, 0.1) is 23.3 Å². The summed E-state index contributed by atoms with van der Waals surface area (Å²) in [6, 6.07) is 9.73. The zero-order valence-electron chi connectivity index (χ0n) is 13.2. The fraction of sp³-hybridized carbons (Fsp3) is 0.294. The summed E-state index contributed by atoms with van der Waals surface area (Å²) < 4.78 is 29.7. The molecule has 2 aromatic rings. The molecular formula is C17H18N2O4S. The third-order valence-corrected chi connectivity index (χ3v) is 5.72. The summed E-state index contributed by atoms with van der Waals surface area (Å²) in [5.41, 5.74) is 0.962. The summed E-state index contributed by atoms with van der Waals surface area (Å²) in [6.45, 7) is 2.22. The highest BCUT2D eigenvalue weighted by Gasteiger charge is 2.31. The number of nitrogens with zero attached hydrogens (tertiary/aromatic N) is 1. The third kappa shape index (κ3) is 3.12. The molecule has 24 heavy (non-hydrogen) atoms. The van der Waals surface area contributed by atoms with Gasteiger partial charge in [-0.1, -0.05) is 18.2 Å². The number of nitrogens with one attached hydrogen (secondary N) is 1. The van der Waals surface area contributed by atoms with Crippen LogP contribution in [0.1, 0.15) is 35.3 Å². The topological polar surface area (TPSA) is 85.4 Å². The van der Waals surface area contributed by atoms with Gasteiger partial charge in [-0.25, -0.2) is 13.4 Å². The van der Waals surface area contributed by atoms with Gasteiger partial charge in [-0.05, 0) is 37.1 Å². The van der Waals surface area contributed by atoms with Crippen LogP contribution in [0.25, 0.3) is 0 Å². The predicted octanol–water partition coefficient (Wildman–Crippen LogP) is 2.13. The highest BCUT2D eigenvalue weighted by atomic mass is 32.2. The molecular weight excluding hydrogens is 328 g/mol. The Morgan fingerprint density at radius 3 is 2.88 bits per heavy atom. The SMILES string of the molecule is CCOc1ncccc1C(=O)N[C@@H]1CCS(=O)(=O)c2ccccc21. The number of carbonyl (C=O) groups is 1. The van der Waals surface area contributed by atoms with Gasteiger partial charge in [0.2, 0.25) is 5.88 Å². The molecule has 7 heteroatoms. The van der Waals surface area contributed by atoms with Crippen molar-refractivity contribution in [3.8, 4) is 5.88 Å². The van der Waals surface area contributed by atoms with Crippen molar-refractivity contribution in [1.29, 1.82) is 0 Å². The maximum absolute atomic E-state index is 12.6. The van der Waals surface area contributed by atoms with Crippen molar-refractivity contribution >= 4 is 15.7 Å². The number of carbonyl (C=O) groups excluding carboxylic acids is 1. The van der Waals surface area contributed by atoms with Gasteiger partial charge in [0.25, 0.3) is 5.91 Å². The fourth-order valence-electron chi connectivity index (χ4n) is 2.79. The van der Waals surface area contributed by atoms with Gasteiger partial charge in [-0.3, -0.25) is 4.79 Å². The Kier molecular flexibility index (Phi) is 4.53. The first-order chi connectivity index (χ1) is 11.5. The number of amides is 1. The number of hydrogen-bond donors (Lipinski definition) is 1. The largest absolute Gasteiger partial charge is 0.477 e. The second kappa shape index (κ2) is 6.60. The van der Waals surface area contributed by atoms with Gasteiger partial charge < -0.3 is 10.1 Å². The minimum Gasteiger partial charge on any atom is -0.477 e. The van der Waals surface area contributed by atoms with Crippen molar-refractivity contribution in [2.24, 2.45) is 0 Å². The lowest BCUT2D eigenvalue weighted by molar-refractivity contribution is 0.0930. The molecule has 0 radical (unpaired) electrons. The second-order valence-electron chi connectivity index (χ2n) is 5.46. The van der Waals surface area contributed by atoms with Crippen molar-refractivity contribution in [2.75, 3.05) is 12.4 Å². The number of aromatic nitrogens is 1. The van der Waals surface area contributed by atoms with Crippen molar-refractivity contribution in [2.45, 2.75) is 24.3 Å². The summed E-state index contributed by atoms with van der Waals surface area (Å²) in [5, 5.41) is 2.90. The lowest BCUT2D eigenvalue weighted by atomic mass is 10.0. The maximum Gasteiger partial charge on any atom is 0.257 e. The van der Waals surface area contributed by atoms with E-state index in [0.29, 0.717) is 24.2 Å². The molecule has 1 aliphatic rings. The quantitative estimate of drug-likeness (QED) is 0.917. The van der Waals surface area contributed by atoms with Crippen LogP contribution < -0.4 is 10.1 Å². The molecule has 0 unspecified atom stereocenters. The Hall–Kier alpha value is -2.41. The number of sulfone groups is 1. The summed E-state index contributed by atoms with van der Waals surface area (Å²) >= 11 is 0. The average Bonchev–Trinajstić information content (AvgIpc) is 2.58. The minimum absolute atomic E-state index is 0.0142. The Bertz CT molecular complexity index is 864. The first-order valence-electron chi connectivity index (χ1n) is 7.73. The Labute approximate surface area is 140 Å². The molecule has 1 amide bonds. The average molecular weight is 346 g/mol. The lowest BCUT2D eigenvalue weighted by Gasteiger charge is -2.26. The number of rotatable bonds is 4. The van der Waals surface area contributed by atoms with E-state index in [4.69, 9.17) is 4.74 Å². The fourth-order valence-corrected chi connectivity index (χ4v) is 4.41. The molecule has 126 valence electrons. The van der Waals surface area contributed by atoms with Crippen molar-refractivity contribution in [3.63, 3.8) is 0 Å². The summed E-state index contributed by atoms with van der Waals surface area (Å²) in [5.74, 6) is -0.0415. The predicted molar refractivity (Wildman–Crippen MR) is 88.7 cm³/mol. The van der Waals surface area contributed by atoms with Crippen LogP contribution in [0.5, 0.6) is 5.88 Å². The van der Waals surface area contributed by atoms with E-state index < -0.39 is 9.84 Å². The zero-order valence-corrected chi connectivity index (χ0v) is 14.0. The molecule has 1 aliphatic heterocycles. The molecule has 0 saturated carbocycles. The molecule has 1 aromatic carbocycles. The number of pyridine rings is 1. The lowest BCUT2D eigenvalue weighted by Crippen LogP contribution is -2.34. The molecule has 0 saturated heterocycles. The monoisotopic (exact) mass is 346 g/mol. The minimum atomic E-state index is -3.28. The number of ether oxygens (including phenoxy) is 1. The van der Waals surface area contributed by atoms with Crippen LogP contribution in [-0.2, 0) is 9.84 Å². The highest BCUT2D eigenvalue weighted by Crippen LogP contribution is 2.32. The molecule has 1 aromatic heterocycles. The molecule has 1 N–H and O–H groups in total. The van der Waals surface area contributed by atoms with Gasteiger partial charge in [0, 0.05) is 6.20 Å². The summed E-state index contributed by atoms with van der Waals surface area (Å²) in [7, 11) is -3.28. The van der Waals surface area contributed by atoms with Crippen LogP contribution in [-0.4, -0.2) is 31.7 Å². The standard InChI is InChI=1S/C17H18N2O4S/c1-2-23-17-13(7-5-10-18-17)16(20)19-14-9-11-24(21,22)15-8-4-3-6-12(14)15/h3-8,10,14H,2,9,11H2,1H3,(H,19,20)/t14-/m1/s1. The van der Waals surface area contributed by atoms with Gasteiger partial charge in [0.15, 0.2) is 9.84 Å². The zero-order chi connectivity index (χ0) is 17.2. The summed E-state index contributed by atoms with van der Waals surface area (Å²) in [4.78, 5) is 17.0. The molecule has 2 heterocycles. The van der Waals surface area contributed by atoms with E-state index in [0.717, 1.165) is 0 Å². The molecule has 6 nitrogen and oxygen atoms in total. The number of benzene rings is 1. The van der Waals surface area contributed by atoms with Crippen LogP contribution in [0, 0.1) is 0 Å². The maximum atomic E-state index is 12.6. The van der Waals surface area contributed by atoms with Crippen LogP contribution in [0.3, 0.4) is 0 Å². The van der Waals surface area contributed by atoms with Crippen LogP contribution >= 0.6 is 0 Å². The van der Waals surface area contributed by atoms with E-state index >= 15 is 0 Å². The van der Waals surface area contributed by atoms with E-state index in [-0.39, 0.29) is 28.5 Å². The molecule has 0 fully saturated rings. The summed E-state index contributed by atoms with van der Waals surface area (Å²) in [6.07, 6.45) is 1.90. The van der Waals surface area contributed by atoms with Crippen LogP contribution in [0.15, 0.2) is 47.5 Å². The number of hydrogen-bond acceptors (Lipinski definition) is 5. The van der Waals surface area contributed by atoms with E-state index in [2.05, 4.69) is 10.3 Å². The van der Waals surface area contributed by atoms with Crippen LogP contribution in [0.4, 0.5) is 0 Å². The van der Waals surface area contributed by atoms with E-state index in [1.54, 1.807) is 42.6 Å². The highest BCUT2D eigenvalue weighted by molar-refractivity contribution is 7.91. The Morgan fingerprint density at radius 2 is 2.08 bits per heavy atom. The molecule has 1 atom stereocenters. The van der Waals surface area contributed by atoms with Gasteiger partial charge >= 0.3 is 0 Å². The van der Waals surface area contributed by atoms with Gasteiger partial charge in [-0.15, -0.1) is 0 Å². The first-order valence-corrected chi connectivity index (χ1v) is 9.38. The smallest absolute Gasteiger partial charge is 0.257 e. The molecule has 0 spiro atoms. The normalized spacial score (nSPS) is 18.5. The second-order valence-corrected chi connectivity index (χ2v) is 7.54. The van der Waals surface area contributed by atoms with E-state index in [9.17, 15) is 13.2 Å². The van der Waals surface area contributed by atoms with Crippen molar-refractivity contribution in [3.05, 3.63) is 53.7 Å². The molecule has 3 rings (SSSR count). The van der Waals surface area contributed by atoms with Gasteiger partial charge in [0.1, 0.15) is 5.56 Å². The Morgan fingerprint density at radius 1 is 1.29 bits per heavy atom.